The van der Waals surface area contributed by atoms with Crippen molar-refractivity contribution in [3.63, 3.8) is 0 Å². The second-order valence-corrected chi connectivity index (χ2v) is 11.5. The molecule has 3 heteroatoms. The van der Waals surface area contributed by atoms with Crippen molar-refractivity contribution in [2.24, 2.45) is 71.0 Å². The molecule has 4 bridgehead atoms. The van der Waals surface area contributed by atoms with Gasteiger partial charge >= 0.3 is 0 Å². The average Bonchev–Trinajstić information content (AvgIpc) is 3.47. The molecule has 6 rings (SSSR count). The monoisotopic (exact) mass is 374 g/mol. The number of ether oxygens (including phenoxy) is 1. The Morgan fingerprint density at radius 1 is 0.593 bits per heavy atom. The van der Waals surface area contributed by atoms with Gasteiger partial charge < -0.3 is 14.9 Å². The van der Waals surface area contributed by atoms with E-state index in [0.29, 0.717) is 25.0 Å². The predicted octanol–water partition coefficient (Wildman–Crippen LogP) is 3.58. The fourth-order valence-electron chi connectivity index (χ4n) is 9.86. The van der Waals surface area contributed by atoms with E-state index in [1.54, 1.807) is 0 Å². The molecule has 152 valence electrons. The summed E-state index contributed by atoms with van der Waals surface area (Å²) in [6.45, 7) is 2.86. The summed E-state index contributed by atoms with van der Waals surface area (Å²) in [5, 5.41) is 19.2. The van der Waals surface area contributed by atoms with Crippen molar-refractivity contribution < 1.29 is 14.9 Å². The van der Waals surface area contributed by atoms with Gasteiger partial charge in [0.2, 0.25) is 0 Å². The zero-order valence-electron chi connectivity index (χ0n) is 16.7. The quantitative estimate of drug-likeness (QED) is 0.747. The van der Waals surface area contributed by atoms with Crippen molar-refractivity contribution in [2.75, 3.05) is 26.4 Å². The van der Waals surface area contributed by atoms with Gasteiger partial charge in [-0.05, 0) is 122 Å². The maximum atomic E-state index is 9.65. The molecule has 0 heterocycles. The van der Waals surface area contributed by atoms with Crippen molar-refractivity contribution in [1.29, 1.82) is 0 Å². The maximum absolute atomic E-state index is 9.65. The molecule has 0 aliphatic heterocycles. The van der Waals surface area contributed by atoms with Gasteiger partial charge in [-0.1, -0.05) is 0 Å². The second kappa shape index (κ2) is 6.71. The number of hydrogen-bond donors (Lipinski definition) is 2. The van der Waals surface area contributed by atoms with Gasteiger partial charge in [0.15, 0.2) is 0 Å². The summed E-state index contributed by atoms with van der Waals surface area (Å²) >= 11 is 0. The van der Waals surface area contributed by atoms with Crippen LogP contribution in [0.1, 0.15) is 51.4 Å². The molecule has 0 aromatic heterocycles. The van der Waals surface area contributed by atoms with Crippen molar-refractivity contribution in [1.82, 2.24) is 0 Å². The molecular weight excluding hydrogens is 336 g/mol. The van der Waals surface area contributed by atoms with Gasteiger partial charge in [0, 0.05) is 26.4 Å². The van der Waals surface area contributed by atoms with E-state index in [0.717, 1.165) is 72.4 Å². The summed E-state index contributed by atoms with van der Waals surface area (Å²) in [6.07, 6.45) is 10.9. The van der Waals surface area contributed by atoms with E-state index in [4.69, 9.17) is 4.74 Å². The molecule has 12 unspecified atom stereocenters. The summed E-state index contributed by atoms with van der Waals surface area (Å²) < 4.78 is 6.43. The second-order valence-electron chi connectivity index (χ2n) is 11.5. The Hall–Kier alpha value is -0.120. The highest BCUT2D eigenvalue weighted by Crippen LogP contribution is 2.63. The first kappa shape index (κ1) is 17.7. The molecule has 6 saturated carbocycles. The molecule has 0 radical (unpaired) electrons. The summed E-state index contributed by atoms with van der Waals surface area (Å²) in [5.74, 6) is 10.1. The van der Waals surface area contributed by atoms with Crippen molar-refractivity contribution in [2.45, 2.75) is 51.4 Å². The van der Waals surface area contributed by atoms with E-state index in [2.05, 4.69) is 0 Å². The van der Waals surface area contributed by atoms with E-state index in [-0.39, 0.29) is 0 Å². The van der Waals surface area contributed by atoms with Crippen LogP contribution in [0.4, 0.5) is 0 Å². The highest BCUT2D eigenvalue weighted by Gasteiger charge is 2.57. The van der Waals surface area contributed by atoms with Gasteiger partial charge in [0.1, 0.15) is 0 Å². The Morgan fingerprint density at radius 2 is 1.33 bits per heavy atom. The van der Waals surface area contributed by atoms with Crippen LogP contribution in [0, 0.1) is 71.0 Å². The molecule has 0 saturated heterocycles. The number of rotatable bonds is 6. The summed E-state index contributed by atoms with van der Waals surface area (Å²) in [7, 11) is 0. The Balaban J connectivity index is 1.01. The molecular formula is C24H38O3. The molecule has 3 nitrogen and oxygen atoms in total. The van der Waals surface area contributed by atoms with Crippen LogP contribution in [0.3, 0.4) is 0 Å². The van der Waals surface area contributed by atoms with E-state index in [9.17, 15) is 10.2 Å². The Kier molecular flexibility index (Phi) is 4.40. The highest BCUT2D eigenvalue weighted by molar-refractivity contribution is 5.06. The molecule has 6 fully saturated rings. The van der Waals surface area contributed by atoms with Crippen molar-refractivity contribution in [3.8, 4) is 0 Å². The van der Waals surface area contributed by atoms with Crippen LogP contribution < -0.4 is 0 Å². The summed E-state index contributed by atoms with van der Waals surface area (Å²) in [4.78, 5) is 0. The third-order valence-electron chi connectivity index (χ3n) is 10.6. The van der Waals surface area contributed by atoms with Gasteiger partial charge in [0.05, 0.1) is 0 Å². The lowest BCUT2D eigenvalue weighted by Crippen LogP contribution is -2.31. The molecule has 0 amide bonds. The Bertz CT molecular complexity index is 562. The largest absolute Gasteiger partial charge is 0.396 e. The third kappa shape index (κ3) is 2.63. The van der Waals surface area contributed by atoms with Crippen LogP contribution in [-0.2, 0) is 4.74 Å². The van der Waals surface area contributed by atoms with Crippen LogP contribution in [0.2, 0.25) is 0 Å². The first-order valence-corrected chi connectivity index (χ1v) is 12.1. The van der Waals surface area contributed by atoms with Crippen molar-refractivity contribution in [3.05, 3.63) is 0 Å². The molecule has 2 N–H and O–H groups in total. The lowest BCUT2D eigenvalue weighted by molar-refractivity contribution is 0.0178. The predicted molar refractivity (Wildman–Crippen MR) is 104 cm³/mol. The van der Waals surface area contributed by atoms with E-state index in [1.807, 2.05) is 0 Å². The van der Waals surface area contributed by atoms with Gasteiger partial charge in [-0.15, -0.1) is 0 Å². The van der Waals surface area contributed by atoms with Gasteiger partial charge in [-0.25, -0.2) is 0 Å². The fourth-order valence-corrected chi connectivity index (χ4v) is 9.86. The van der Waals surface area contributed by atoms with Crippen LogP contribution in [-0.4, -0.2) is 36.6 Å². The fraction of sp³-hybridized carbons (Fsp3) is 1.00. The molecule has 0 aromatic rings. The minimum Gasteiger partial charge on any atom is -0.396 e. The minimum absolute atomic E-state index is 0.414. The zero-order valence-corrected chi connectivity index (χ0v) is 16.7. The molecule has 12 atom stereocenters. The van der Waals surface area contributed by atoms with Crippen LogP contribution in [0.5, 0.6) is 0 Å². The number of fused-ring (bicyclic) bond motifs is 10. The SMILES string of the molecule is OCC1CC2C3CC(COCC4CCC5C6CC(CC6CO)C45)C(C3)C2C1. The lowest BCUT2D eigenvalue weighted by Gasteiger charge is -2.34. The first-order chi connectivity index (χ1) is 13.3. The Labute approximate surface area is 164 Å². The van der Waals surface area contributed by atoms with E-state index < -0.39 is 0 Å². The number of aliphatic hydroxyl groups is 2. The van der Waals surface area contributed by atoms with Crippen LogP contribution in [0.25, 0.3) is 0 Å². The standard InChI is InChI=1S/C24H38O3/c25-9-13-3-20-15-5-18(22(7-15)23(20)4-13)12-27-11-14-1-2-19-21-8-16(24(14)19)6-17(21)10-26/h13-26H,1-12H2. The molecule has 27 heavy (non-hydrogen) atoms. The highest BCUT2D eigenvalue weighted by atomic mass is 16.5. The maximum Gasteiger partial charge on any atom is 0.0497 e. The van der Waals surface area contributed by atoms with Gasteiger partial charge in [-0.2, -0.15) is 0 Å². The molecule has 6 aliphatic rings. The minimum atomic E-state index is 0.414. The average molecular weight is 375 g/mol. The number of aliphatic hydroxyl groups excluding tert-OH is 2. The van der Waals surface area contributed by atoms with E-state index in [1.165, 1.54) is 51.4 Å². The summed E-state index contributed by atoms with van der Waals surface area (Å²) in [5.41, 5.74) is 0. The van der Waals surface area contributed by atoms with Crippen LogP contribution in [0.15, 0.2) is 0 Å². The smallest absolute Gasteiger partial charge is 0.0497 e. The van der Waals surface area contributed by atoms with Crippen LogP contribution >= 0.6 is 0 Å². The van der Waals surface area contributed by atoms with Gasteiger partial charge in [-0.3, -0.25) is 0 Å². The lowest BCUT2D eigenvalue weighted by atomic mass is 9.73. The Morgan fingerprint density at radius 3 is 2.19 bits per heavy atom. The first-order valence-electron chi connectivity index (χ1n) is 12.1. The normalized spacial score (nSPS) is 57.6. The van der Waals surface area contributed by atoms with Crippen molar-refractivity contribution >= 4 is 0 Å². The molecule has 6 aliphatic carbocycles. The van der Waals surface area contributed by atoms with E-state index >= 15 is 0 Å². The topological polar surface area (TPSA) is 49.7 Å². The summed E-state index contributed by atoms with van der Waals surface area (Å²) in [6, 6.07) is 0. The molecule has 0 aromatic carbocycles. The van der Waals surface area contributed by atoms with Gasteiger partial charge in [0.25, 0.3) is 0 Å². The molecule has 0 spiro atoms. The zero-order chi connectivity index (χ0) is 18.1. The number of hydrogen-bond acceptors (Lipinski definition) is 3. The third-order valence-corrected chi connectivity index (χ3v) is 10.6.